The summed E-state index contributed by atoms with van der Waals surface area (Å²) in [5.41, 5.74) is 0.629. The van der Waals surface area contributed by atoms with Crippen LogP contribution >= 0.6 is 0 Å². The van der Waals surface area contributed by atoms with Gasteiger partial charge in [-0.15, -0.1) is 11.5 Å². The summed E-state index contributed by atoms with van der Waals surface area (Å²) in [6.45, 7) is 0. The summed E-state index contributed by atoms with van der Waals surface area (Å²) in [5.74, 6) is 0. The Morgan fingerprint density at radius 1 is 0.857 bits per heavy atom. The fraction of sp³-hybridized carbons (Fsp3) is 0.455. The van der Waals surface area contributed by atoms with Crippen LogP contribution in [0.5, 0.6) is 0 Å². The van der Waals surface area contributed by atoms with Gasteiger partial charge in [-0.1, -0.05) is 0 Å². The van der Waals surface area contributed by atoms with E-state index in [9.17, 15) is 13.2 Å². The predicted octanol–water partition coefficient (Wildman–Crippen LogP) is 1.38. The molecule has 1 radical (unpaired) electrons. The number of halogens is 3. The minimum atomic E-state index is -6.09. The van der Waals surface area contributed by atoms with Crippen LogP contribution in [0.4, 0.5) is 13.2 Å². The van der Waals surface area contributed by atoms with Crippen molar-refractivity contribution < 1.29 is 56.6 Å². The molecule has 0 aliphatic heterocycles. The molecule has 127 valence electrons. The molecule has 0 aromatic carbocycles. The molecular weight excluding hydrogens is 404 g/mol. The smallest absolute Gasteiger partial charge is 0.485 e. The Bertz CT molecular complexity index is 433. The van der Waals surface area contributed by atoms with E-state index in [0.717, 1.165) is 25.7 Å². The van der Waals surface area contributed by atoms with E-state index in [1.165, 1.54) is 0 Å². The van der Waals surface area contributed by atoms with Gasteiger partial charge in [0.05, 0.1) is 0 Å². The molecule has 0 atom stereocenters. The summed E-state index contributed by atoms with van der Waals surface area (Å²) in [6, 6.07) is 0. The third-order valence-electron chi connectivity index (χ3n) is 1.67. The van der Waals surface area contributed by atoms with E-state index in [0.29, 0.717) is 0 Å². The summed E-state index contributed by atoms with van der Waals surface area (Å²) in [5, 5.41) is 0. The molecule has 0 aromatic rings. The van der Waals surface area contributed by atoms with Gasteiger partial charge in [-0.25, -0.2) is 8.42 Å². The summed E-state index contributed by atoms with van der Waals surface area (Å²) < 4.78 is 58.9. The topological polar surface area (TPSA) is 120 Å². The van der Waals surface area contributed by atoms with Crippen molar-refractivity contribution in [2.75, 3.05) is 0 Å². The van der Waals surface area contributed by atoms with E-state index in [4.69, 9.17) is 13.0 Å². The Morgan fingerprint density at radius 3 is 1.19 bits per heavy atom. The van der Waals surface area contributed by atoms with Crippen molar-refractivity contribution in [3.8, 4) is 0 Å². The number of hydrogen-bond donors (Lipinski definition) is 0. The molecule has 0 amide bonds. The molecule has 0 aromatic heterocycles. The zero-order valence-corrected chi connectivity index (χ0v) is 13.2. The van der Waals surface area contributed by atoms with E-state index in [1.54, 1.807) is 0 Å². The molecule has 0 heterocycles. The first-order chi connectivity index (χ1) is 8.25. The maximum atomic E-state index is 10.7. The molecule has 0 saturated heterocycles. The van der Waals surface area contributed by atoms with Gasteiger partial charge in [0, 0.05) is 19.5 Å². The van der Waals surface area contributed by atoms with Crippen LogP contribution in [-0.2, 0) is 29.6 Å². The molecule has 1 aliphatic rings. The Kier molecular flexibility index (Phi) is 19.3. The number of alkyl halides is 3. The van der Waals surface area contributed by atoms with Crippen LogP contribution in [0, 0.1) is 0 Å². The fourth-order valence-electron chi connectivity index (χ4n) is 0.833. The maximum absolute atomic E-state index is 10.7. The number of rotatable bonds is 0. The van der Waals surface area contributed by atoms with E-state index >= 15 is 0 Å². The standard InChI is InChI=1S/C10H12.CHF3O3S.2H2O.Rh/c1-2-4-6-8-10-9-7-5-3-1;2-1(3,4)8(5,6)7;;;/h1,5-6,10H,2,4,7,9H2;(H,5,6,7);2*1H2;/p-1. The van der Waals surface area contributed by atoms with Gasteiger partial charge in [0.2, 0.25) is 0 Å². The molecule has 0 fully saturated rings. The minimum absolute atomic E-state index is 0. The first kappa shape index (κ1) is 28.4. The van der Waals surface area contributed by atoms with E-state index in [2.05, 4.69) is 35.8 Å². The maximum Gasteiger partial charge on any atom is 0.485 e. The van der Waals surface area contributed by atoms with Crippen molar-refractivity contribution in [1.82, 2.24) is 0 Å². The first-order valence-electron chi connectivity index (χ1n) is 5.06. The van der Waals surface area contributed by atoms with Gasteiger partial charge in [0.15, 0.2) is 10.1 Å². The van der Waals surface area contributed by atoms with Crippen LogP contribution in [0.1, 0.15) is 25.7 Å². The summed E-state index contributed by atoms with van der Waals surface area (Å²) in [6.07, 6.45) is 12.7. The molecule has 1 aliphatic carbocycles. The van der Waals surface area contributed by atoms with Crippen LogP contribution in [0.2, 0.25) is 0 Å². The van der Waals surface area contributed by atoms with Crippen molar-refractivity contribution in [2.24, 2.45) is 0 Å². The minimum Gasteiger partial charge on any atom is -0.741 e. The average molecular weight is 420 g/mol. The van der Waals surface area contributed by atoms with Gasteiger partial charge in [-0.3, -0.25) is 0 Å². The Morgan fingerprint density at radius 2 is 1.05 bits per heavy atom. The van der Waals surface area contributed by atoms with Gasteiger partial charge >= 0.3 is 5.51 Å². The van der Waals surface area contributed by atoms with Crippen LogP contribution in [0.25, 0.3) is 0 Å². The molecule has 0 bridgehead atoms. The molecule has 0 saturated carbocycles. The SMILES string of the molecule is C1=CCCC=C=CCCC=1.O.O.O=S(=O)([O-])C(F)(F)F.[Rh]. The normalized spacial score (nSPS) is 13.7. The molecule has 5 nitrogen and oxygen atoms in total. The summed E-state index contributed by atoms with van der Waals surface area (Å²) in [4.78, 5) is 0. The molecule has 1 rings (SSSR count). The Balaban J connectivity index is -0.000000123. The van der Waals surface area contributed by atoms with Crippen LogP contribution in [-0.4, -0.2) is 29.4 Å². The monoisotopic (exact) mass is 420 g/mol. The Labute approximate surface area is 134 Å². The number of hydrogen-bond acceptors (Lipinski definition) is 3. The molecule has 0 unspecified atom stereocenters. The van der Waals surface area contributed by atoms with Crippen LogP contribution in [0.3, 0.4) is 0 Å². The van der Waals surface area contributed by atoms with Crippen molar-refractivity contribution in [1.29, 1.82) is 0 Å². The molecule has 10 heteroatoms. The summed E-state index contributed by atoms with van der Waals surface area (Å²) >= 11 is 0. The van der Waals surface area contributed by atoms with Gasteiger partial charge in [-0.05, 0) is 50.0 Å². The third kappa shape index (κ3) is 17.2. The van der Waals surface area contributed by atoms with Crippen molar-refractivity contribution >= 4 is 10.1 Å². The van der Waals surface area contributed by atoms with Crippen molar-refractivity contribution in [3.05, 3.63) is 35.8 Å². The van der Waals surface area contributed by atoms with Gasteiger partial charge in [0.1, 0.15) is 0 Å². The fourth-order valence-corrected chi connectivity index (χ4v) is 0.833. The van der Waals surface area contributed by atoms with E-state index in [1.807, 2.05) is 0 Å². The zero-order valence-electron chi connectivity index (χ0n) is 10.7. The molecule has 0 spiro atoms. The van der Waals surface area contributed by atoms with Gasteiger partial charge in [-0.2, -0.15) is 13.2 Å². The Hall–Kier alpha value is -0.717. The van der Waals surface area contributed by atoms with Gasteiger partial charge < -0.3 is 15.5 Å². The second kappa shape index (κ2) is 14.2. The molecular formula is C11H16F3O5RhS-. The molecule has 4 N–H and O–H groups in total. The first-order valence-corrected chi connectivity index (χ1v) is 6.47. The van der Waals surface area contributed by atoms with Crippen molar-refractivity contribution in [2.45, 2.75) is 31.2 Å². The number of allylic oxidation sites excluding steroid dienone is 2. The second-order valence-electron chi connectivity index (χ2n) is 3.20. The van der Waals surface area contributed by atoms with Gasteiger partial charge in [0.25, 0.3) is 0 Å². The molecule has 21 heavy (non-hydrogen) atoms. The predicted molar refractivity (Wildman–Crippen MR) is 66.8 cm³/mol. The van der Waals surface area contributed by atoms with E-state index in [-0.39, 0.29) is 30.4 Å². The van der Waals surface area contributed by atoms with Crippen molar-refractivity contribution in [3.63, 3.8) is 0 Å². The largest absolute Gasteiger partial charge is 0.741 e. The van der Waals surface area contributed by atoms with Crippen LogP contribution in [0.15, 0.2) is 35.8 Å². The third-order valence-corrected chi connectivity index (χ3v) is 2.23. The van der Waals surface area contributed by atoms with Crippen LogP contribution < -0.4 is 0 Å². The van der Waals surface area contributed by atoms with E-state index < -0.39 is 15.6 Å². The second-order valence-corrected chi connectivity index (χ2v) is 4.58. The quantitative estimate of drug-likeness (QED) is 0.255. The zero-order chi connectivity index (χ0) is 14.1. The average Bonchev–Trinajstić information content (AvgIpc) is 2.25. The summed E-state index contributed by atoms with van der Waals surface area (Å²) in [7, 11) is -6.09.